The highest BCUT2D eigenvalue weighted by Crippen LogP contribution is 2.24. The Morgan fingerprint density at radius 1 is 1.37 bits per heavy atom. The zero-order valence-electron chi connectivity index (χ0n) is 10.0. The Morgan fingerprint density at radius 2 is 2.16 bits per heavy atom. The second-order valence-corrected chi connectivity index (χ2v) is 4.14. The number of aryl methyl sites for hydroxylation is 1. The van der Waals surface area contributed by atoms with Gasteiger partial charge in [-0.2, -0.15) is 9.50 Å². The number of hydrogen-bond acceptors (Lipinski definition) is 4. The van der Waals surface area contributed by atoms with Crippen LogP contribution < -0.4 is 11.3 Å². The molecule has 2 aromatic heterocycles. The molecule has 0 amide bonds. The third kappa shape index (κ3) is 1.75. The number of para-hydroxylation sites is 1. The molecule has 0 unspecified atom stereocenters. The standard InChI is InChI=1S/C12H10FN5O/c1-6-5-9(19)18-12(15-6)16-11(17-18)7-3-2-4-8(13)10(7)14/h2-5H,14H2,1H3,(H,15,16,17). The van der Waals surface area contributed by atoms with Crippen LogP contribution in [0, 0.1) is 12.7 Å². The Labute approximate surface area is 106 Å². The predicted molar refractivity (Wildman–Crippen MR) is 68.2 cm³/mol. The van der Waals surface area contributed by atoms with Crippen LogP contribution in [0.3, 0.4) is 0 Å². The van der Waals surface area contributed by atoms with Crippen molar-refractivity contribution in [3.8, 4) is 11.4 Å². The zero-order valence-corrected chi connectivity index (χ0v) is 10.0. The summed E-state index contributed by atoms with van der Waals surface area (Å²) in [6.07, 6.45) is 0. The first-order chi connectivity index (χ1) is 9.06. The number of nitrogen functional groups attached to an aromatic ring is 1. The zero-order chi connectivity index (χ0) is 13.6. The number of aromatic amines is 1. The second-order valence-electron chi connectivity index (χ2n) is 4.14. The van der Waals surface area contributed by atoms with Crippen LogP contribution in [0.1, 0.15) is 5.69 Å². The summed E-state index contributed by atoms with van der Waals surface area (Å²) in [5, 5.41) is 2.76. The monoisotopic (exact) mass is 259 g/mol. The van der Waals surface area contributed by atoms with Gasteiger partial charge in [0.25, 0.3) is 11.3 Å². The Bertz CT molecular complexity index is 836. The van der Waals surface area contributed by atoms with Crippen molar-refractivity contribution in [2.45, 2.75) is 6.92 Å². The van der Waals surface area contributed by atoms with Crippen LogP contribution in [0.5, 0.6) is 0 Å². The number of nitrogens with zero attached hydrogens (tertiary/aromatic N) is 3. The molecule has 1 aromatic carbocycles. The minimum Gasteiger partial charge on any atom is -0.396 e. The highest BCUT2D eigenvalue weighted by Gasteiger charge is 2.12. The molecule has 0 aliphatic carbocycles. The quantitative estimate of drug-likeness (QED) is 0.641. The molecule has 0 atom stereocenters. The third-order valence-electron chi connectivity index (χ3n) is 2.77. The fourth-order valence-electron chi connectivity index (χ4n) is 1.86. The number of hydrogen-bond donors (Lipinski definition) is 2. The molecule has 0 saturated heterocycles. The number of nitrogens with two attached hydrogens (primary N) is 1. The maximum absolute atomic E-state index is 13.4. The van der Waals surface area contributed by atoms with E-state index >= 15 is 0 Å². The van der Waals surface area contributed by atoms with E-state index in [1.807, 2.05) is 0 Å². The molecule has 3 N–H and O–H groups in total. The summed E-state index contributed by atoms with van der Waals surface area (Å²) in [5.74, 6) is -0.00898. The Hall–Kier alpha value is -2.70. The Kier molecular flexibility index (Phi) is 2.34. The number of rotatable bonds is 1. The SMILES string of the molecule is Cc1cc(=O)n2[nH]c(-c3cccc(F)c3N)nc2n1. The number of aromatic nitrogens is 4. The van der Waals surface area contributed by atoms with Crippen LogP contribution in [-0.4, -0.2) is 19.6 Å². The molecule has 0 spiro atoms. The van der Waals surface area contributed by atoms with Crippen molar-refractivity contribution in [3.63, 3.8) is 0 Å². The van der Waals surface area contributed by atoms with E-state index in [-0.39, 0.29) is 17.0 Å². The molecule has 0 saturated carbocycles. The minimum atomic E-state index is -0.533. The van der Waals surface area contributed by atoms with Crippen LogP contribution in [0.15, 0.2) is 29.1 Å². The molecule has 2 heterocycles. The average molecular weight is 259 g/mol. The maximum Gasteiger partial charge on any atom is 0.274 e. The van der Waals surface area contributed by atoms with E-state index in [1.54, 1.807) is 13.0 Å². The Balaban J connectivity index is 2.30. The normalized spacial score (nSPS) is 11.1. The van der Waals surface area contributed by atoms with Gasteiger partial charge >= 0.3 is 0 Å². The summed E-state index contributed by atoms with van der Waals surface area (Å²) in [4.78, 5) is 20.0. The molecule has 3 aromatic rings. The lowest BCUT2D eigenvalue weighted by atomic mass is 10.1. The van der Waals surface area contributed by atoms with E-state index in [9.17, 15) is 9.18 Å². The predicted octanol–water partition coefficient (Wildman–Crippen LogP) is 1.11. The number of anilines is 1. The first kappa shape index (κ1) is 11.4. The van der Waals surface area contributed by atoms with Gasteiger partial charge in [-0.25, -0.2) is 9.37 Å². The molecule has 96 valence electrons. The molecule has 0 aliphatic rings. The van der Waals surface area contributed by atoms with Gasteiger partial charge in [-0.1, -0.05) is 6.07 Å². The van der Waals surface area contributed by atoms with E-state index in [4.69, 9.17) is 5.73 Å². The highest BCUT2D eigenvalue weighted by molar-refractivity contribution is 5.72. The molecule has 0 radical (unpaired) electrons. The lowest BCUT2D eigenvalue weighted by Crippen LogP contribution is -2.14. The smallest absolute Gasteiger partial charge is 0.274 e. The van der Waals surface area contributed by atoms with Gasteiger partial charge in [0.05, 0.1) is 5.69 Å². The minimum absolute atomic E-state index is 0.0219. The fourth-order valence-corrected chi connectivity index (χ4v) is 1.86. The summed E-state index contributed by atoms with van der Waals surface area (Å²) >= 11 is 0. The van der Waals surface area contributed by atoms with Crippen molar-refractivity contribution in [1.82, 2.24) is 19.6 Å². The van der Waals surface area contributed by atoms with E-state index in [0.717, 1.165) is 0 Å². The lowest BCUT2D eigenvalue weighted by Gasteiger charge is -2.01. The average Bonchev–Trinajstić information content (AvgIpc) is 2.76. The van der Waals surface area contributed by atoms with Crippen LogP contribution in [0.4, 0.5) is 10.1 Å². The topological polar surface area (TPSA) is 89.1 Å². The molecule has 6 nitrogen and oxygen atoms in total. The van der Waals surface area contributed by atoms with E-state index < -0.39 is 5.82 Å². The first-order valence-electron chi connectivity index (χ1n) is 5.57. The molecule has 7 heteroatoms. The van der Waals surface area contributed by atoms with Crippen LogP contribution in [0.2, 0.25) is 0 Å². The maximum atomic E-state index is 13.4. The van der Waals surface area contributed by atoms with Gasteiger partial charge in [0.2, 0.25) is 0 Å². The summed E-state index contributed by atoms with van der Waals surface area (Å²) in [6.45, 7) is 1.70. The van der Waals surface area contributed by atoms with Crippen molar-refractivity contribution in [1.29, 1.82) is 0 Å². The largest absolute Gasteiger partial charge is 0.396 e. The van der Waals surface area contributed by atoms with Gasteiger partial charge in [-0.15, -0.1) is 0 Å². The van der Waals surface area contributed by atoms with Crippen molar-refractivity contribution < 1.29 is 4.39 Å². The second kappa shape index (κ2) is 3.91. The number of fused-ring (bicyclic) bond motifs is 1. The van der Waals surface area contributed by atoms with Crippen molar-refractivity contribution in [2.75, 3.05) is 5.73 Å². The van der Waals surface area contributed by atoms with Crippen LogP contribution >= 0.6 is 0 Å². The van der Waals surface area contributed by atoms with Crippen LogP contribution in [0.25, 0.3) is 17.2 Å². The summed E-state index contributed by atoms with van der Waals surface area (Å²) < 4.78 is 14.6. The number of benzene rings is 1. The van der Waals surface area contributed by atoms with Crippen molar-refractivity contribution in [2.24, 2.45) is 0 Å². The molecule has 0 fully saturated rings. The molecule has 0 bridgehead atoms. The van der Waals surface area contributed by atoms with Gasteiger partial charge in [0, 0.05) is 17.3 Å². The van der Waals surface area contributed by atoms with Gasteiger partial charge in [-0.05, 0) is 19.1 Å². The molecule has 0 aliphatic heterocycles. The lowest BCUT2D eigenvalue weighted by molar-refractivity contribution is 0.633. The number of halogens is 1. The van der Waals surface area contributed by atoms with E-state index in [1.165, 1.54) is 22.7 Å². The Morgan fingerprint density at radius 3 is 2.95 bits per heavy atom. The van der Waals surface area contributed by atoms with Crippen molar-refractivity contribution >= 4 is 11.5 Å². The number of H-pyrrole nitrogens is 1. The van der Waals surface area contributed by atoms with E-state index in [2.05, 4.69) is 15.1 Å². The molecular formula is C12H10FN5O. The third-order valence-corrected chi connectivity index (χ3v) is 2.77. The summed E-state index contributed by atoms with van der Waals surface area (Å²) in [7, 11) is 0. The summed E-state index contributed by atoms with van der Waals surface area (Å²) in [5.41, 5.74) is 6.31. The number of nitrogens with one attached hydrogen (secondary N) is 1. The van der Waals surface area contributed by atoms with Gasteiger partial charge in [0.1, 0.15) is 5.82 Å². The first-order valence-corrected chi connectivity index (χ1v) is 5.57. The fraction of sp³-hybridized carbons (Fsp3) is 0.0833. The summed E-state index contributed by atoms with van der Waals surface area (Å²) in [6, 6.07) is 5.78. The van der Waals surface area contributed by atoms with Gasteiger partial charge in [0.15, 0.2) is 5.82 Å². The van der Waals surface area contributed by atoms with Crippen LogP contribution in [-0.2, 0) is 0 Å². The van der Waals surface area contributed by atoms with E-state index in [0.29, 0.717) is 17.1 Å². The molecule has 3 rings (SSSR count). The highest BCUT2D eigenvalue weighted by atomic mass is 19.1. The van der Waals surface area contributed by atoms with Crippen molar-refractivity contribution in [3.05, 3.63) is 46.1 Å². The van der Waals surface area contributed by atoms with Gasteiger partial charge in [-0.3, -0.25) is 9.89 Å². The van der Waals surface area contributed by atoms with Gasteiger partial charge < -0.3 is 5.73 Å². The molecule has 19 heavy (non-hydrogen) atoms. The molecular weight excluding hydrogens is 249 g/mol.